The number of rotatable bonds is 9. The molecule has 27 heavy (non-hydrogen) atoms. The van der Waals surface area contributed by atoms with Gasteiger partial charge >= 0.3 is 0 Å². The van der Waals surface area contributed by atoms with Crippen LogP contribution in [0.1, 0.15) is 18.4 Å². The van der Waals surface area contributed by atoms with Gasteiger partial charge in [0.1, 0.15) is 0 Å². The highest BCUT2D eigenvalue weighted by molar-refractivity contribution is 14.0. The van der Waals surface area contributed by atoms with Crippen molar-refractivity contribution in [1.29, 1.82) is 0 Å². The molecule has 0 aliphatic carbocycles. The van der Waals surface area contributed by atoms with Crippen LogP contribution in [-0.4, -0.2) is 71.5 Å². The molecule has 0 saturated heterocycles. The maximum atomic E-state index is 5.74. The van der Waals surface area contributed by atoms with Crippen LogP contribution in [0.25, 0.3) is 0 Å². The van der Waals surface area contributed by atoms with Crippen molar-refractivity contribution in [2.75, 3.05) is 60.7 Å². The van der Waals surface area contributed by atoms with Crippen LogP contribution in [0, 0.1) is 0 Å². The number of ether oxygens (including phenoxy) is 3. The maximum Gasteiger partial charge on any atom is 0.191 e. The van der Waals surface area contributed by atoms with Gasteiger partial charge in [0, 0.05) is 53.4 Å². The Kier molecular flexibility index (Phi) is 12.2. The van der Waals surface area contributed by atoms with Gasteiger partial charge in [-0.2, -0.15) is 0 Å². The summed E-state index contributed by atoms with van der Waals surface area (Å²) in [6, 6.07) is 6.06. The summed E-state index contributed by atoms with van der Waals surface area (Å²) in [6.07, 6.45) is 1.96. The zero-order valence-electron chi connectivity index (χ0n) is 16.6. The Balaban J connectivity index is 0.00000364. The first-order valence-electron chi connectivity index (χ1n) is 9.23. The number of hydrogen-bond donors (Lipinski definition) is 2. The molecule has 1 aromatic rings. The van der Waals surface area contributed by atoms with Crippen LogP contribution in [-0.2, 0) is 11.3 Å². The van der Waals surface area contributed by atoms with Crippen molar-refractivity contribution >= 4 is 29.9 Å². The average molecular weight is 492 g/mol. The lowest BCUT2D eigenvalue weighted by molar-refractivity contribution is 0.180. The fourth-order valence-corrected chi connectivity index (χ4v) is 2.68. The van der Waals surface area contributed by atoms with Crippen LogP contribution >= 0.6 is 24.0 Å². The Morgan fingerprint density at radius 2 is 1.96 bits per heavy atom. The van der Waals surface area contributed by atoms with Gasteiger partial charge in [-0.1, -0.05) is 6.07 Å². The molecule has 0 radical (unpaired) electrons. The van der Waals surface area contributed by atoms with Crippen molar-refractivity contribution in [1.82, 2.24) is 15.5 Å². The number of benzene rings is 1. The van der Waals surface area contributed by atoms with Gasteiger partial charge in [0.05, 0.1) is 13.2 Å². The first-order valence-corrected chi connectivity index (χ1v) is 9.23. The lowest BCUT2D eigenvalue weighted by atomic mass is 10.2. The van der Waals surface area contributed by atoms with Crippen molar-refractivity contribution in [3.8, 4) is 11.5 Å². The van der Waals surface area contributed by atoms with Gasteiger partial charge in [-0.25, -0.2) is 0 Å². The normalized spacial score (nSPS) is 13.7. The molecule has 0 bridgehead atoms. The lowest BCUT2D eigenvalue weighted by Crippen LogP contribution is -2.40. The number of fused-ring (bicyclic) bond motifs is 1. The molecule has 154 valence electrons. The number of nitrogens with one attached hydrogen (secondary N) is 2. The molecule has 0 aromatic heterocycles. The summed E-state index contributed by atoms with van der Waals surface area (Å²) in [7, 11) is 5.64. The average Bonchev–Trinajstić information content (AvgIpc) is 2.89. The smallest absolute Gasteiger partial charge is 0.191 e. The van der Waals surface area contributed by atoms with Crippen molar-refractivity contribution in [2.45, 2.75) is 19.4 Å². The van der Waals surface area contributed by atoms with Gasteiger partial charge in [0.25, 0.3) is 0 Å². The molecule has 0 unspecified atom stereocenters. The zero-order valence-corrected chi connectivity index (χ0v) is 19.0. The fourth-order valence-electron chi connectivity index (χ4n) is 2.68. The molecule has 0 fully saturated rings. The third kappa shape index (κ3) is 8.98. The second-order valence-electron chi connectivity index (χ2n) is 6.33. The summed E-state index contributed by atoms with van der Waals surface area (Å²) in [5, 5.41) is 6.68. The minimum absolute atomic E-state index is 0. The highest BCUT2D eigenvalue weighted by atomic mass is 127. The highest BCUT2D eigenvalue weighted by Gasteiger charge is 2.10. The highest BCUT2D eigenvalue weighted by Crippen LogP contribution is 2.30. The summed E-state index contributed by atoms with van der Waals surface area (Å²) >= 11 is 0. The SMILES string of the molecule is CN=C(NCCN(C)CCCOC)NCc1ccc2c(c1)OCCCO2.I. The zero-order chi connectivity index (χ0) is 18.6. The minimum Gasteiger partial charge on any atom is -0.490 e. The molecule has 1 aliphatic heterocycles. The van der Waals surface area contributed by atoms with E-state index in [1.807, 2.05) is 12.1 Å². The monoisotopic (exact) mass is 492 g/mol. The molecule has 0 saturated carbocycles. The fraction of sp³-hybridized carbons (Fsp3) is 0.632. The topological polar surface area (TPSA) is 67.4 Å². The van der Waals surface area contributed by atoms with Crippen LogP contribution in [0.4, 0.5) is 0 Å². The van der Waals surface area contributed by atoms with Crippen LogP contribution in [0.15, 0.2) is 23.2 Å². The summed E-state index contributed by atoms with van der Waals surface area (Å²) in [5.41, 5.74) is 1.13. The van der Waals surface area contributed by atoms with Crippen molar-refractivity contribution in [3.05, 3.63) is 23.8 Å². The Bertz CT molecular complexity index is 572. The van der Waals surface area contributed by atoms with Crippen molar-refractivity contribution in [2.24, 2.45) is 4.99 Å². The van der Waals surface area contributed by atoms with Crippen LogP contribution < -0.4 is 20.1 Å². The van der Waals surface area contributed by atoms with Gasteiger partial charge in [0.2, 0.25) is 0 Å². The number of guanidine groups is 1. The predicted molar refractivity (Wildman–Crippen MR) is 120 cm³/mol. The van der Waals surface area contributed by atoms with E-state index in [2.05, 4.69) is 33.6 Å². The molecule has 7 nitrogen and oxygen atoms in total. The van der Waals surface area contributed by atoms with E-state index in [1.165, 1.54) is 0 Å². The molecule has 2 rings (SSSR count). The van der Waals surface area contributed by atoms with Crippen molar-refractivity contribution in [3.63, 3.8) is 0 Å². The van der Waals surface area contributed by atoms with Gasteiger partial charge in [-0.05, 0) is 31.2 Å². The summed E-state index contributed by atoms with van der Waals surface area (Å²) < 4.78 is 16.5. The van der Waals surface area contributed by atoms with Crippen LogP contribution in [0.3, 0.4) is 0 Å². The Morgan fingerprint density at radius 3 is 2.70 bits per heavy atom. The third-order valence-corrected chi connectivity index (χ3v) is 4.17. The molecule has 0 atom stereocenters. The van der Waals surface area contributed by atoms with E-state index in [4.69, 9.17) is 14.2 Å². The van der Waals surface area contributed by atoms with E-state index >= 15 is 0 Å². The molecule has 1 heterocycles. The molecule has 1 aromatic carbocycles. The molecular weight excluding hydrogens is 459 g/mol. The third-order valence-electron chi connectivity index (χ3n) is 4.17. The maximum absolute atomic E-state index is 5.74. The summed E-state index contributed by atoms with van der Waals surface area (Å²) in [4.78, 5) is 6.56. The van der Waals surface area contributed by atoms with Gasteiger partial charge < -0.3 is 29.7 Å². The summed E-state index contributed by atoms with van der Waals surface area (Å²) in [5.74, 6) is 2.44. The number of likely N-dealkylation sites (N-methyl/N-ethyl adjacent to an activating group) is 1. The number of halogens is 1. The van der Waals surface area contributed by atoms with E-state index in [0.717, 1.165) is 62.1 Å². The second kappa shape index (κ2) is 13.8. The van der Waals surface area contributed by atoms with Gasteiger partial charge in [0.15, 0.2) is 17.5 Å². The van der Waals surface area contributed by atoms with E-state index in [0.29, 0.717) is 19.8 Å². The number of methoxy groups -OCH3 is 1. The predicted octanol–water partition coefficient (Wildman–Crippen LogP) is 2.10. The Morgan fingerprint density at radius 1 is 1.19 bits per heavy atom. The van der Waals surface area contributed by atoms with Crippen LogP contribution in [0.5, 0.6) is 11.5 Å². The van der Waals surface area contributed by atoms with Gasteiger partial charge in [-0.15, -0.1) is 24.0 Å². The molecule has 0 spiro atoms. The molecule has 8 heteroatoms. The van der Waals surface area contributed by atoms with Crippen LogP contribution in [0.2, 0.25) is 0 Å². The van der Waals surface area contributed by atoms with Gasteiger partial charge in [-0.3, -0.25) is 4.99 Å². The molecular formula is C19H33IN4O3. The standard InChI is InChI=1S/C19H32N4O3.HI/c1-20-19(21-8-10-23(2)9-4-11-24-3)22-15-16-6-7-17-18(14-16)26-13-5-12-25-17;/h6-7,14H,4-5,8-13,15H2,1-3H3,(H2,20,21,22);1H. The molecule has 0 amide bonds. The number of nitrogens with zero attached hydrogens (tertiary/aromatic N) is 2. The van der Waals surface area contributed by atoms with Crippen molar-refractivity contribution < 1.29 is 14.2 Å². The molecule has 2 N–H and O–H groups in total. The molecule has 1 aliphatic rings. The number of aliphatic imine (C=N–C) groups is 1. The lowest BCUT2D eigenvalue weighted by Gasteiger charge is -2.18. The first-order chi connectivity index (χ1) is 12.7. The van der Waals surface area contributed by atoms with E-state index in [1.54, 1.807) is 14.2 Å². The first kappa shape index (κ1) is 23.8. The quantitative estimate of drug-likeness (QED) is 0.238. The summed E-state index contributed by atoms with van der Waals surface area (Å²) in [6.45, 7) is 5.71. The largest absolute Gasteiger partial charge is 0.490 e. The van der Waals surface area contributed by atoms with E-state index in [9.17, 15) is 0 Å². The van der Waals surface area contributed by atoms with E-state index < -0.39 is 0 Å². The second-order valence-corrected chi connectivity index (χ2v) is 6.33. The Hall–Kier alpha value is -1.26. The number of hydrogen-bond acceptors (Lipinski definition) is 5. The minimum atomic E-state index is 0. The Labute approximate surface area is 179 Å². The van der Waals surface area contributed by atoms with E-state index in [-0.39, 0.29) is 24.0 Å².